The Morgan fingerprint density at radius 1 is 1.14 bits per heavy atom. The van der Waals surface area contributed by atoms with Gasteiger partial charge in [0.05, 0.1) is 22.3 Å². The number of nitrogens with zero attached hydrogens (tertiary/aromatic N) is 2. The summed E-state index contributed by atoms with van der Waals surface area (Å²) in [6.07, 6.45) is 0. The van der Waals surface area contributed by atoms with E-state index in [1.165, 1.54) is 17.8 Å². The summed E-state index contributed by atoms with van der Waals surface area (Å²) in [5, 5.41) is 0.904. The van der Waals surface area contributed by atoms with E-state index in [1.807, 2.05) is 13.0 Å². The van der Waals surface area contributed by atoms with Crippen molar-refractivity contribution >= 4 is 28.4 Å². The van der Waals surface area contributed by atoms with Gasteiger partial charge in [-0.1, -0.05) is 36.0 Å². The number of fused-ring (bicyclic) bond motifs is 1. The molecule has 0 amide bonds. The number of rotatable bonds is 5. The number of aromatic nitrogens is 3. The normalized spacial score (nSPS) is 11.1. The van der Waals surface area contributed by atoms with Crippen LogP contribution in [0.5, 0.6) is 0 Å². The Kier molecular flexibility index (Phi) is 5.07. The molecule has 0 saturated heterocycles. The number of para-hydroxylation sites is 2. The molecule has 7 heteroatoms. The van der Waals surface area contributed by atoms with E-state index < -0.39 is 0 Å². The van der Waals surface area contributed by atoms with Gasteiger partial charge < -0.3 is 9.55 Å². The van der Waals surface area contributed by atoms with Gasteiger partial charge in [-0.15, -0.1) is 0 Å². The van der Waals surface area contributed by atoms with Gasteiger partial charge >= 0.3 is 0 Å². The van der Waals surface area contributed by atoms with Crippen molar-refractivity contribution in [3.8, 4) is 5.69 Å². The number of H-pyrrole nitrogens is 1. The maximum atomic E-state index is 14.2. The molecular formula is C22H18FN3O2S. The topological polar surface area (TPSA) is 67.8 Å². The Bertz CT molecular complexity index is 1290. The summed E-state index contributed by atoms with van der Waals surface area (Å²) in [4.78, 5) is 32.1. The smallest absolute Gasteiger partial charge is 0.259 e. The number of thioether (sulfide) groups is 1. The van der Waals surface area contributed by atoms with Crippen molar-refractivity contribution < 1.29 is 9.18 Å². The van der Waals surface area contributed by atoms with Gasteiger partial charge in [-0.3, -0.25) is 9.59 Å². The van der Waals surface area contributed by atoms with Crippen molar-refractivity contribution in [2.45, 2.75) is 19.0 Å². The minimum Gasteiger partial charge on any atom is -0.315 e. The molecule has 0 fully saturated rings. The van der Waals surface area contributed by atoms with E-state index in [-0.39, 0.29) is 22.9 Å². The second-order valence-corrected chi connectivity index (χ2v) is 7.64. The van der Waals surface area contributed by atoms with E-state index in [0.717, 1.165) is 5.69 Å². The van der Waals surface area contributed by atoms with Gasteiger partial charge in [0.1, 0.15) is 5.82 Å². The molecule has 0 aliphatic rings. The van der Waals surface area contributed by atoms with Crippen LogP contribution in [0, 0.1) is 19.7 Å². The molecule has 0 atom stereocenters. The van der Waals surface area contributed by atoms with Gasteiger partial charge in [-0.25, -0.2) is 9.37 Å². The summed E-state index contributed by atoms with van der Waals surface area (Å²) in [5.41, 5.74) is 2.75. The Balaban J connectivity index is 1.59. The van der Waals surface area contributed by atoms with E-state index in [1.54, 1.807) is 54.0 Å². The Morgan fingerprint density at radius 3 is 2.66 bits per heavy atom. The fraction of sp³-hybridized carbons (Fsp3) is 0.136. The highest BCUT2D eigenvalue weighted by Gasteiger charge is 2.19. The van der Waals surface area contributed by atoms with Gasteiger partial charge in [0.25, 0.3) is 5.56 Å². The maximum absolute atomic E-state index is 14.2. The lowest BCUT2D eigenvalue weighted by Crippen LogP contribution is -2.11. The molecule has 0 aliphatic carbocycles. The number of aromatic amines is 1. The number of hydrogen-bond donors (Lipinski definition) is 1. The third-order valence-electron chi connectivity index (χ3n) is 4.76. The summed E-state index contributed by atoms with van der Waals surface area (Å²) >= 11 is 1.18. The number of benzene rings is 2. The van der Waals surface area contributed by atoms with Crippen molar-refractivity contribution in [3.63, 3.8) is 0 Å². The molecule has 5 nitrogen and oxygen atoms in total. The van der Waals surface area contributed by atoms with Crippen LogP contribution in [0.25, 0.3) is 16.6 Å². The van der Waals surface area contributed by atoms with Gasteiger partial charge in [0, 0.05) is 17.0 Å². The molecular weight excluding hydrogens is 389 g/mol. The minimum absolute atomic E-state index is 0.110. The molecule has 0 saturated carbocycles. The van der Waals surface area contributed by atoms with Crippen molar-refractivity contribution in [3.05, 3.63) is 87.7 Å². The lowest BCUT2D eigenvalue weighted by molar-refractivity contribution is 0.102. The fourth-order valence-electron chi connectivity index (χ4n) is 3.39. The van der Waals surface area contributed by atoms with E-state index >= 15 is 0 Å². The Hall–Kier alpha value is -3.19. The molecule has 1 N–H and O–H groups in total. The van der Waals surface area contributed by atoms with Crippen LogP contribution >= 0.6 is 11.8 Å². The number of carbonyl (C=O) groups is 1. The minimum atomic E-state index is -0.347. The lowest BCUT2D eigenvalue weighted by atomic mass is 10.2. The number of carbonyl (C=O) groups excluding carboxylic acids is 1. The predicted molar refractivity (Wildman–Crippen MR) is 113 cm³/mol. The highest BCUT2D eigenvalue weighted by Crippen LogP contribution is 2.25. The summed E-state index contributed by atoms with van der Waals surface area (Å²) in [6.45, 7) is 3.64. The first-order chi connectivity index (χ1) is 14.0. The van der Waals surface area contributed by atoms with Crippen LogP contribution in [-0.4, -0.2) is 26.1 Å². The molecule has 146 valence electrons. The second kappa shape index (κ2) is 7.67. The fourth-order valence-corrected chi connectivity index (χ4v) is 4.14. The van der Waals surface area contributed by atoms with Crippen molar-refractivity contribution in [2.24, 2.45) is 0 Å². The summed E-state index contributed by atoms with van der Waals surface area (Å²) < 4.78 is 16.0. The zero-order chi connectivity index (χ0) is 20.5. The summed E-state index contributed by atoms with van der Waals surface area (Å²) in [5.74, 6) is -0.342. The molecule has 2 heterocycles. The number of hydrogen-bond acceptors (Lipinski definition) is 4. The monoisotopic (exact) mass is 407 g/mol. The van der Waals surface area contributed by atoms with Gasteiger partial charge in [0.2, 0.25) is 0 Å². The average Bonchev–Trinajstić information content (AvgIpc) is 3.01. The molecule has 2 aromatic heterocycles. The first-order valence-electron chi connectivity index (χ1n) is 9.04. The second-order valence-electron chi connectivity index (χ2n) is 6.67. The molecule has 2 aromatic carbocycles. The zero-order valence-corrected chi connectivity index (χ0v) is 16.7. The van der Waals surface area contributed by atoms with E-state index in [9.17, 15) is 14.0 Å². The number of aryl methyl sites for hydroxylation is 1. The largest absolute Gasteiger partial charge is 0.315 e. The van der Waals surface area contributed by atoms with Gasteiger partial charge in [0.15, 0.2) is 10.9 Å². The van der Waals surface area contributed by atoms with Crippen molar-refractivity contribution in [2.75, 3.05) is 5.75 Å². The molecule has 0 aliphatic heterocycles. The third kappa shape index (κ3) is 3.61. The zero-order valence-electron chi connectivity index (χ0n) is 15.9. The van der Waals surface area contributed by atoms with Crippen LogP contribution in [0.4, 0.5) is 4.39 Å². The van der Waals surface area contributed by atoms with Crippen molar-refractivity contribution in [1.29, 1.82) is 0 Å². The Labute approximate surface area is 170 Å². The average molecular weight is 407 g/mol. The SMILES string of the molecule is Cc1cc(C(=O)CSc2nc3ccccc3c(=O)[nH]2)c(C)n1-c1ccccc1F. The van der Waals surface area contributed by atoms with Crippen LogP contribution in [0.2, 0.25) is 0 Å². The van der Waals surface area contributed by atoms with Crippen LogP contribution < -0.4 is 5.56 Å². The quantitative estimate of drug-likeness (QED) is 0.302. The van der Waals surface area contributed by atoms with Crippen molar-refractivity contribution in [1.82, 2.24) is 14.5 Å². The molecule has 0 radical (unpaired) electrons. The number of halogens is 1. The summed E-state index contributed by atoms with van der Waals surface area (Å²) in [6, 6.07) is 15.3. The predicted octanol–water partition coefficient (Wildman–Crippen LogP) is 4.44. The Morgan fingerprint density at radius 2 is 1.86 bits per heavy atom. The number of nitrogens with one attached hydrogen (secondary N) is 1. The maximum Gasteiger partial charge on any atom is 0.259 e. The molecule has 0 bridgehead atoms. The van der Waals surface area contributed by atoms with Crippen LogP contribution in [-0.2, 0) is 0 Å². The molecule has 0 unspecified atom stereocenters. The molecule has 4 aromatic rings. The highest BCUT2D eigenvalue weighted by atomic mass is 32.2. The lowest BCUT2D eigenvalue weighted by Gasteiger charge is -2.10. The van der Waals surface area contributed by atoms with Crippen LogP contribution in [0.15, 0.2) is 64.5 Å². The number of Topliss-reactive ketones (excluding diaryl/α,β-unsaturated/α-hetero) is 1. The van der Waals surface area contributed by atoms with E-state index in [0.29, 0.717) is 33.0 Å². The highest BCUT2D eigenvalue weighted by molar-refractivity contribution is 7.99. The van der Waals surface area contributed by atoms with Crippen LogP contribution in [0.3, 0.4) is 0 Å². The summed E-state index contributed by atoms with van der Waals surface area (Å²) in [7, 11) is 0. The van der Waals surface area contributed by atoms with E-state index in [2.05, 4.69) is 9.97 Å². The molecule has 4 rings (SSSR count). The molecule has 29 heavy (non-hydrogen) atoms. The first kappa shape index (κ1) is 19.1. The van der Waals surface area contributed by atoms with Crippen LogP contribution in [0.1, 0.15) is 21.7 Å². The number of ketones is 1. The third-order valence-corrected chi connectivity index (χ3v) is 5.63. The van der Waals surface area contributed by atoms with Gasteiger partial charge in [-0.2, -0.15) is 0 Å². The van der Waals surface area contributed by atoms with Gasteiger partial charge in [-0.05, 0) is 44.2 Å². The molecule has 0 spiro atoms. The standard InChI is InChI=1S/C22H18FN3O2S/c1-13-11-16(14(2)26(13)19-10-6-4-8-17(19)23)20(27)12-29-22-24-18-9-5-3-7-15(18)21(28)25-22/h3-11H,12H2,1-2H3,(H,24,25,28). The van der Waals surface area contributed by atoms with E-state index in [4.69, 9.17) is 0 Å². The first-order valence-corrected chi connectivity index (χ1v) is 10.0.